The topological polar surface area (TPSA) is 125 Å². The number of aliphatic hydroxyl groups excluding tert-OH is 1. The van der Waals surface area contributed by atoms with Crippen LogP contribution in [0.3, 0.4) is 0 Å². The maximum atomic E-state index is 12.8. The molecule has 0 radical (unpaired) electrons. The van der Waals surface area contributed by atoms with Gasteiger partial charge in [0.2, 0.25) is 0 Å². The largest absolute Gasteiger partial charge is 0.491 e. The van der Waals surface area contributed by atoms with Gasteiger partial charge in [0.1, 0.15) is 35.9 Å². The van der Waals surface area contributed by atoms with Crippen LogP contribution in [0.15, 0.2) is 65.8 Å². The maximum absolute atomic E-state index is 12.8. The van der Waals surface area contributed by atoms with Crippen LogP contribution in [0.1, 0.15) is 5.56 Å². The van der Waals surface area contributed by atoms with Crippen molar-refractivity contribution in [2.45, 2.75) is 19.6 Å². The van der Waals surface area contributed by atoms with Gasteiger partial charge in [-0.05, 0) is 25.1 Å². The molecule has 158 valence electrons. The van der Waals surface area contributed by atoms with Gasteiger partial charge >= 0.3 is 0 Å². The summed E-state index contributed by atoms with van der Waals surface area (Å²) < 4.78 is 8.07. The highest BCUT2D eigenvalue weighted by molar-refractivity contribution is 5.76. The molecule has 1 unspecified atom stereocenters. The molecule has 2 aromatic carbocycles. The molecule has 1 atom stereocenters. The first-order chi connectivity index (χ1) is 14.9. The number of fused-ring (bicyclic) bond motifs is 1. The van der Waals surface area contributed by atoms with Crippen LogP contribution in [0.25, 0.3) is 16.7 Å². The van der Waals surface area contributed by atoms with Crippen molar-refractivity contribution >= 4 is 16.7 Å². The lowest BCUT2D eigenvalue weighted by molar-refractivity contribution is -0.384. The van der Waals surface area contributed by atoms with E-state index < -0.39 is 16.6 Å². The third-order valence-electron chi connectivity index (χ3n) is 4.73. The molecule has 0 aliphatic carbocycles. The van der Waals surface area contributed by atoms with Crippen LogP contribution >= 0.6 is 0 Å². The van der Waals surface area contributed by atoms with Gasteiger partial charge in [-0.3, -0.25) is 19.5 Å². The first kappa shape index (κ1) is 20.2. The smallest absolute Gasteiger partial charge is 0.294 e. The zero-order valence-electron chi connectivity index (χ0n) is 16.6. The molecule has 10 nitrogen and oxygen atoms in total. The number of aromatic nitrogens is 4. The molecule has 0 amide bonds. The van der Waals surface area contributed by atoms with Gasteiger partial charge in [0.05, 0.1) is 17.7 Å². The number of aryl methyl sites for hydroxylation is 1. The number of hydrogen-bond donors (Lipinski definition) is 1. The summed E-state index contributed by atoms with van der Waals surface area (Å²) >= 11 is 0. The number of para-hydroxylation sites is 2. The predicted octanol–water partition coefficient (Wildman–Crippen LogP) is 2.24. The molecule has 0 aliphatic rings. The quantitative estimate of drug-likeness (QED) is 0.358. The highest BCUT2D eigenvalue weighted by Crippen LogP contribution is 2.23. The van der Waals surface area contributed by atoms with Gasteiger partial charge in [0.15, 0.2) is 5.65 Å². The standard InChI is InChI=1S/C21H19N5O5/c1-14-6-8-16(9-7-14)31-12-15(27)11-24-13-22-20-17(21(24)28)10-23-25(20)18-4-2-3-5-19(18)26(29)30/h2-10,13,15,27H,11-12H2,1H3. The van der Waals surface area contributed by atoms with Crippen LogP contribution in [-0.4, -0.2) is 42.1 Å². The minimum Gasteiger partial charge on any atom is -0.491 e. The van der Waals surface area contributed by atoms with E-state index in [0.29, 0.717) is 5.75 Å². The normalized spacial score (nSPS) is 12.1. The summed E-state index contributed by atoms with van der Waals surface area (Å²) in [5.74, 6) is 0.622. The molecule has 31 heavy (non-hydrogen) atoms. The summed E-state index contributed by atoms with van der Waals surface area (Å²) in [5.41, 5.74) is 0.936. The molecule has 0 fully saturated rings. The molecule has 1 N–H and O–H groups in total. The summed E-state index contributed by atoms with van der Waals surface area (Å²) in [6, 6.07) is 13.5. The van der Waals surface area contributed by atoms with Crippen molar-refractivity contribution in [1.29, 1.82) is 0 Å². The fraction of sp³-hybridized carbons (Fsp3) is 0.190. The van der Waals surface area contributed by atoms with E-state index in [-0.39, 0.29) is 35.6 Å². The number of hydrogen-bond acceptors (Lipinski definition) is 7. The third kappa shape index (κ3) is 4.14. The van der Waals surface area contributed by atoms with E-state index in [4.69, 9.17) is 4.74 Å². The number of ether oxygens (including phenoxy) is 1. The molecule has 0 spiro atoms. The minimum absolute atomic E-state index is 0.00299. The molecule has 4 aromatic rings. The zero-order chi connectivity index (χ0) is 22.0. The number of nitro groups is 1. The van der Waals surface area contributed by atoms with Gasteiger partial charge in [0, 0.05) is 6.07 Å². The summed E-state index contributed by atoms with van der Waals surface area (Å²) in [5, 5.41) is 25.9. The Balaban J connectivity index is 1.56. The zero-order valence-corrected chi connectivity index (χ0v) is 16.6. The Morgan fingerprint density at radius 2 is 1.94 bits per heavy atom. The average Bonchev–Trinajstić information content (AvgIpc) is 3.20. The van der Waals surface area contributed by atoms with Crippen molar-refractivity contribution in [3.05, 3.63) is 87.1 Å². The fourth-order valence-corrected chi connectivity index (χ4v) is 3.16. The molecule has 4 rings (SSSR count). The Bertz CT molecular complexity index is 1300. The van der Waals surface area contributed by atoms with Crippen molar-refractivity contribution in [3.63, 3.8) is 0 Å². The van der Waals surface area contributed by atoms with E-state index in [9.17, 15) is 20.0 Å². The number of benzene rings is 2. The van der Waals surface area contributed by atoms with Gasteiger partial charge in [-0.25, -0.2) is 9.67 Å². The van der Waals surface area contributed by atoms with Crippen LogP contribution in [0.2, 0.25) is 0 Å². The average molecular weight is 421 g/mol. The van der Waals surface area contributed by atoms with Gasteiger partial charge in [-0.1, -0.05) is 29.8 Å². The molecule has 10 heteroatoms. The lowest BCUT2D eigenvalue weighted by Gasteiger charge is -2.14. The Kier molecular flexibility index (Phi) is 5.46. The van der Waals surface area contributed by atoms with Crippen molar-refractivity contribution < 1.29 is 14.8 Å². The van der Waals surface area contributed by atoms with Crippen LogP contribution in [0.5, 0.6) is 5.75 Å². The van der Waals surface area contributed by atoms with Gasteiger partial charge in [0.25, 0.3) is 11.2 Å². The van der Waals surface area contributed by atoms with Crippen molar-refractivity contribution in [2.24, 2.45) is 0 Å². The molecule has 0 aliphatic heterocycles. The van der Waals surface area contributed by atoms with E-state index in [0.717, 1.165) is 5.56 Å². The monoisotopic (exact) mass is 421 g/mol. The summed E-state index contributed by atoms with van der Waals surface area (Å²) in [6.07, 6.45) is 1.66. The first-order valence-electron chi connectivity index (χ1n) is 9.48. The second-order valence-corrected chi connectivity index (χ2v) is 7.02. The van der Waals surface area contributed by atoms with Crippen molar-refractivity contribution in [2.75, 3.05) is 6.61 Å². The Morgan fingerprint density at radius 3 is 2.68 bits per heavy atom. The molecular formula is C21H19N5O5. The van der Waals surface area contributed by atoms with Crippen molar-refractivity contribution in [1.82, 2.24) is 19.3 Å². The van der Waals surface area contributed by atoms with E-state index >= 15 is 0 Å². The predicted molar refractivity (Wildman–Crippen MR) is 112 cm³/mol. The van der Waals surface area contributed by atoms with Gasteiger partial charge in [-0.2, -0.15) is 5.10 Å². The molecular weight excluding hydrogens is 402 g/mol. The van der Waals surface area contributed by atoms with Crippen LogP contribution < -0.4 is 10.3 Å². The number of nitro benzene ring substituents is 1. The number of aliphatic hydroxyl groups is 1. The Labute approximate surface area is 176 Å². The second kappa shape index (κ2) is 8.36. The van der Waals surface area contributed by atoms with Gasteiger partial charge in [-0.15, -0.1) is 0 Å². The molecule has 0 saturated carbocycles. The molecule has 2 heterocycles. The molecule has 0 bridgehead atoms. The second-order valence-electron chi connectivity index (χ2n) is 7.02. The molecule has 2 aromatic heterocycles. The van der Waals surface area contributed by atoms with E-state index in [2.05, 4.69) is 10.1 Å². The lowest BCUT2D eigenvalue weighted by Crippen LogP contribution is -2.30. The van der Waals surface area contributed by atoms with E-state index in [1.54, 1.807) is 24.3 Å². The van der Waals surface area contributed by atoms with E-state index in [1.165, 1.54) is 33.9 Å². The SMILES string of the molecule is Cc1ccc(OCC(O)Cn2cnc3c(cnn3-c3ccccc3[N+](=O)[O-])c2=O)cc1. The van der Waals surface area contributed by atoms with Crippen LogP contribution in [-0.2, 0) is 6.54 Å². The van der Waals surface area contributed by atoms with Crippen LogP contribution in [0.4, 0.5) is 5.69 Å². The minimum atomic E-state index is -0.941. The van der Waals surface area contributed by atoms with E-state index in [1.807, 2.05) is 19.1 Å². The highest BCUT2D eigenvalue weighted by Gasteiger charge is 2.19. The number of nitrogens with zero attached hydrogens (tertiary/aromatic N) is 5. The Hall–Kier alpha value is -4.05. The summed E-state index contributed by atoms with van der Waals surface area (Å²) in [7, 11) is 0. The fourth-order valence-electron chi connectivity index (χ4n) is 3.16. The van der Waals surface area contributed by atoms with Crippen molar-refractivity contribution in [3.8, 4) is 11.4 Å². The maximum Gasteiger partial charge on any atom is 0.294 e. The first-order valence-corrected chi connectivity index (χ1v) is 9.48. The highest BCUT2D eigenvalue weighted by atomic mass is 16.6. The third-order valence-corrected chi connectivity index (χ3v) is 4.73. The number of rotatable bonds is 7. The lowest BCUT2D eigenvalue weighted by atomic mass is 10.2. The van der Waals surface area contributed by atoms with Crippen LogP contribution in [0, 0.1) is 17.0 Å². The van der Waals surface area contributed by atoms with Gasteiger partial charge < -0.3 is 9.84 Å². The molecule has 0 saturated heterocycles. The summed E-state index contributed by atoms with van der Waals surface area (Å²) in [6.45, 7) is 1.94. The Morgan fingerprint density at radius 1 is 1.19 bits per heavy atom. The summed E-state index contributed by atoms with van der Waals surface area (Å²) in [4.78, 5) is 27.9.